The molecule has 1 aliphatic carbocycles. The number of halogens is 2. The molecular formula is C30H24Cl2N2O9S. The summed E-state index contributed by atoms with van der Waals surface area (Å²) >= 11 is 11.9. The van der Waals surface area contributed by atoms with Gasteiger partial charge in [-0.05, 0) is 49.7 Å². The quantitative estimate of drug-likeness (QED) is 0.245. The second-order valence-electron chi connectivity index (χ2n) is 10.1. The van der Waals surface area contributed by atoms with Gasteiger partial charge in [0.25, 0.3) is 15.9 Å². The number of aromatic hydroxyl groups is 1. The predicted molar refractivity (Wildman–Crippen MR) is 161 cm³/mol. The number of fused-ring (bicyclic) bond motifs is 3. The van der Waals surface area contributed by atoms with E-state index in [2.05, 4.69) is 10.0 Å². The Morgan fingerprint density at radius 1 is 1.07 bits per heavy atom. The second kappa shape index (κ2) is 11.2. The molecule has 1 atom stereocenters. The van der Waals surface area contributed by atoms with Crippen molar-refractivity contribution in [2.24, 2.45) is 0 Å². The molecule has 14 heteroatoms. The molecule has 228 valence electrons. The minimum Gasteiger partial charge on any atom is -0.507 e. The number of carbonyl (C=O) groups is 3. The van der Waals surface area contributed by atoms with Crippen LogP contribution in [0.15, 0.2) is 76.6 Å². The van der Waals surface area contributed by atoms with E-state index in [0.29, 0.717) is 10.6 Å². The van der Waals surface area contributed by atoms with Crippen molar-refractivity contribution in [1.29, 1.82) is 0 Å². The number of benzene rings is 3. The summed E-state index contributed by atoms with van der Waals surface area (Å²) in [5.74, 6) is -3.42. The van der Waals surface area contributed by atoms with Gasteiger partial charge in [0.1, 0.15) is 44.5 Å². The molecule has 11 nitrogen and oxygen atoms in total. The molecule has 0 unspecified atom stereocenters. The van der Waals surface area contributed by atoms with Crippen molar-refractivity contribution >= 4 is 56.4 Å². The predicted octanol–water partition coefficient (Wildman–Crippen LogP) is 4.96. The second-order valence-corrected chi connectivity index (χ2v) is 12.6. The van der Waals surface area contributed by atoms with Gasteiger partial charge in [-0.1, -0.05) is 35.3 Å². The molecule has 0 spiro atoms. The maximum Gasteiger partial charge on any atom is 0.263 e. The Kier molecular flexibility index (Phi) is 7.87. The fraction of sp³-hybridized carbons (Fsp3) is 0.167. The molecule has 0 fully saturated rings. The lowest BCUT2D eigenvalue weighted by Crippen LogP contribution is -2.38. The monoisotopic (exact) mass is 658 g/mol. The highest BCUT2D eigenvalue weighted by molar-refractivity contribution is 7.92. The summed E-state index contributed by atoms with van der Waals surface area (Å²) < 4.78 is 39.2. The number of aliphatic hydroxyl groups excluding tert-OH is 1. The normalized spacial score (nSPS) is 17.3. The minimum atomic E-state index is -4.01. The molecule has 2 aliphatic rings. The van der Waals surface area contributed by atoms with Crippen molar-refractivity contribution in [3.63, 3.8) is 0 Å². The maximum atomic E-state index is 13.5. The summed E-state index contributed by atoms with van der Waals surface area (Å²) in [4.78, 5) is 38.9. The molecule has 1 amide bonds. The van der Waals surface area contributed by atoms with E-state index in [1.54, 1.807) is 12.1 Å². The summed E-state index contributed by atoms with van der Waals surface area (Å²) in [5.41, 5.74) is -1.47. The zero-order valence-corrected chi connectivity index (χ0v) is 25.6. The van der Waals surface area contributed by atoms with Crippen molar-refractivity contribution in [1.82, 2.24) is 5.32 Å². The Balaban J connectivity index is 1.38. The molecule has 0 saturated heterocycles. The number of nitrogens with one attached hydrogen (secondary N) is 2. The first-order valence-corrected chi connectivity index (χ1v) is 15.1. The van der Waals surface area contributed by atoms with E-state index >= 15 is 0 Å². The summed E-state index contributed by atoms with van der Waals surface area (Å²) in [6.45, 7) is 2.54. The average molecular weight is 660 g/mol. The number of hydrogen-bond acceptors (Lipinski definition) is 9. The fourth-order valence-electron chi connectivity index (χ4n) is 5.08. The van der Waals surface area contributed by atoms with Crippen LogP contribution < -0.4 is 19.5 Å². The largest absolute Gasteiger partial charge is 0.507 e. The van der Waals surface area contributed by atoms with Crippen LogP contribution >= 0.6 is 23.2 Å². The number of ether oxygens (including phenoxy) is 2. The van der Waals surface area contributed by atoms with Crippen molar-refractivity contribution in [3.05, 3.63) is 98.4 Å². The van der Waals surface area contributed by atoms with Gasteiger partial charge in [0, 0.05) is 29.4 Å². The van der Waals surface area contributed by atoms with Crippen LogP contribution in [-0.2, 0) is 31.6 Å². The number of methoxy groups -OCH3 is 1. The van der Waals surface area contributed by atoms with Gasteiger partial charge in [-0.15, -0.1) is 0 Å². The lowest BCUT2D eigenvalue weighted by molar-refractivity contribution is -0.123. The van der Waals surface area contributed by atoms with Gasteiger partial charge in [-0.2, -0.15) is 0 Å². The number of amides is 1. The highest BCUT2D eigenvalue weighted by atomic mass is 35.5. The molecular weight excluding hydrogens is 635 g/mol. The third-order valence-electron chi connectivity index (χ3n) is 7.28. The van der Waals surface area contributed by atoms with E-state index in [4.69, 9.17) is 32.7 Å². The average Bonchev–Trinajstić information content (AvgIpc) is 3.25. The van der Waals surface area contributed by atoms with Crippen LogP contribution in [0.1, 0.15) is 35.3 Å². The Hall–Kier alpha value is -4.52. The van der Waals surface area contributed by atoms with Crippen molar-refractivity contribution < 1.29 is 42.5 Å². The summed E-state index contributed by atoms with van der Waals surface area (Å²) in [6.07, 6.45) is 1.11. The number of allylic oxidation sites excluding steroid dienone is 3. The first kappa shape index (κ1) is 30.9. The van der Waals surface area contributed by atoms with Crippen LogP contribution in [-0.4, -0.2) is 43.2 Å². The number of sulfonamides is 1. The van der Waals surface area contributed by atoms with E-state index in [1.165, 1.54) is 44.4 Å². The first-order chi connectivity index (χ1) is 20.7. The van der Waals surface area contributed by atoms with Crippen molar-refractivity contribution in [2.45, 2.75) is 30.7 Å². The Bertz CT molecular complexity index is 1940. The van der Waals surface area contributed by atoms with E-state index in [0.717, 1.165) is 19.1 Å². The van der Waals surface area contributed by atoms with E-state index in [-0.39, 0.29) is 50.5 Å². The van der Waals surface area contributed by atoms with Gasteiger partial charge in [-0.3, -0.25) is 19.1 Å². The van der Waals surface area contributed by atoms with Gasteiger partial charge >= 0.3 is 0 Å². The van der Waals surface area contributed by atoms with Crippen LogP contribution in [0.5, 0.6) is 17.2 Å². The number of phenolic OH excluding ortho intramolecular Hbond substituents is 1. The molecule has 1 heterocycles. The Labute approximate surface area is 261 Å². The minimum absolute atomic E-state index is 0.0105. The van der Waals surface area contributed by atoms with Crippen molar-refractivity contribution in [3.8, 4) is 17.2 Å². The van der Waals surface area contributed by atoms with E-state index < -0.39 is 50.0 Å². The molecule has 0 saturated carbocycles. The van der Waals surface area contributed by atoms with E-state index in [1.807, 2.05) is 0 Å². The number of aliphatic hydroxyl groups is 1. The number of anilines is 1. The SMILES string of the molecule is COc1cc(O)c2c(c1C(=O)NCc1ccc(NS(=O)(=O)c3ccc(Cl)cc3Cl)cc1)OC1=CC(O)=C(C(C)=O)C(=O)[C@]12C. The highest BCUT2D eigenvalue weighted by Gasteiger charge is 2.55. The van der Waals surface area contributed by atoms with Gasteiger partial charge in [0.15, 0.2) is 17.3 Å². The fourth-order valence-corrected chi connectivity index (χ4v) is 6.92. The van der Waals surface area contributed by atoms with Crippen LogP contribution in [0.4, 0.5) is 5.69 Å². The number of hydrogen-bond donors (Lipinski definition) is 4. The van der Waals surface area contributed by atoms with Gasteiger partial charge < -0.3 is 25.0 Å². The maximum absolute atomic E-state index is 13.5. The lowest BCUT2D eigenvalue weighted by Gasteiger charge is -2.27. The summed E-state index contributed by atoms with van der Waals surface area (Å²) in [5, 5.41) is 24.2. The van der Waals surface area contributed by atoms with Crippen LogP contribution in [0.25, 0.3) is 0 Å². The molecule has 1 aliphatic heterocycles. The van der Waals surface area contributed by atoms with Gasteiger partial charge in [-0.25, -0.2) is 8.42 Å². The third-order valence-corrected chi connectivity index (χ3v) is 9.38. The molecule has 3 aromatic carbocycles. The third kappa shape index (κ3) is 5.14. The number of ketones is 2. The van der Waals surface area contributed by atoms with Crippen LogP contribution in [0.2, 0.25) is 10.0 Å². The topological polar surface area (TPSA) is 168 Å². The molecule has 3 aromatic rings. The van der Waals surface area contributed by atoms with Crippen LogP contribution in [0, 0.1) is 0 Å². The molecule has 0 bridgehead atoms. The lowest BCUT2D eigenvalue weighted by atomic mass is 9.71. The number of rotatable bonds is 8. The number of carbonyl (C=O) groups excluding carboxylic acids is 3. The highest BCUT2D eigenvalue weighted by Crippen LogP contribution is 2.56. The molecule has 44 heavy (non-hydrogen) atoms. The zero-order chi connectivity index (χ0) is 32.1. The van der Waals surface area contributed by atoms with Crippen LogP contribution in [0.3, 0.4) is 0 Å². The summed E-state index contributed by atoms with van der Waals surface area (Å²) in [7, 11) is -2.72. The summed E-state index contributed by atoms with van der Waals surface area (Å²) in [6, 6.07) is 11.4. The molecule has 5 rings (SSSR count). The first-order valence-electron chi connectivity index (χ1n) is 12.9. The van der Waals surface area contributed by atoms with E-state index in [9.17, 15) is 33.0 Å². The molecule has 4 N–H and O–H groups in total. The smallest absolute Gasteiger partial charge is 0.263 e. The number of Topliss-reactive ketones (excluding diaryl/α,β-unsaturated/α-hetero) is 2. The number of phenols is 1. The Morgan fingerprint density at radius 3 is 2.36 bits per heavy atom. The molecule has 0 radical (unpaired) electrons. The van der Waals surface area contributed by atoms with Gasteiger partial charge in [0.05, 0.1) is 17.7 Å². The zero-order valence-electron chi connectivity index (χ0n) is 23.3. The van der Waals surface area contributed by atoms with Gasteiger partial charge in [0.2, 0.25) is 0 Å². The standard InChI is InChI=1S/C30H24Cl2N2O9S/c1-14(35)24-19(36)12-23-30(2,28(24)38)26-20(37)11-21(42-3)25(27(26)43-23)29(39)33-13-15-4-7-17(8-5-15)34-44(40,41)22-9-6-16(31)10-18(22)32/h4-12,34,36-37H,13H2,1-3H3,(H,33,39)/t30-/m1/s1. The van der Waals surface area contributed by atoms with Crippen molar-refractivity contribution in [2.75, 3.05) is 11.8 Å². The Morgan fingerprint density at radius 2 is 1.75 bits per heavy atom. The molecule has 0 aromatic heterocycles.